The molecule has 302 valence electrons. The number of aliphatic hydroxyl groups excluding tert-OH is 2. The Morgan fingerprint density at radius 2 is 1.45 bits per heavy atom. The van der Waals surface area contributed by atoms with Crippen LogP contribution in [0.2, 0.25) is 36.3 Å². The van der Waals surface area contributed by atoms with Crippen LogP contribution in [0.1, 0.15) is 105 Å². The minimum atomic E-state index is -2.23. The summed E-state index contributed by atoms with van der Waals surface area (Å²) >= 11 is 0. The molecule has 1 heterocycles. The molecular formula is C43H74O8Si2. The summed E-state index contributed by atoms with van der Waals surface area (Å²) in [6.07, 6.45) is 1.41. The Balaban J connectivity index is 1.87. The van der Waals surface area contributed by atoms with Gasteiger partial charge in [-0.25, -0.2) is 0 Å². The van der Waals surface area contributed by atoms with Gasteiger partial charge in [-0.15, -0.1) is 0 Å². The lowest BCUT2D eigenvalue weighted by Crippen LogP contribution is -2.48. The van der Waals surface area contributed by atoms with Gasteiger partial charge in [-0.1, -0.05) is 97.9 Å². The molecule has 2 aromatic rings. The van der Waals surface area contributed by atoms with Crippen molar-refractivity contribution in [1.29, 1.82) is 0 Å². The van der Waals surface area contributed by atoms with Gasteiger partial charge >= 0.3 is 0 Å². The maximum absolute atomic E-state index is 12.2. The van der Waals surface area contributed by atoms with Gasteiger partial charge in [-0.05, 0) is 79.6 Å². The molecular weight excluding hydrogens is 701 g/mol. The summed E-state index contributed by atoms with van der Waals surface area (Å²) in [7, 11) is -2.56. The quantitative estimate of drug-likeness (QED) is 0.128. The van der Waals surface area contributed by atoms with Gasteiger partial charge in [0.05, 0.1) is 38.1 Å². The van der Waals surface area contributed by atoms with E-state index in [4.69, 9.17) is 27.8 Å². The van der Waals surface area contributed by atoms with Crippen molar-refractivity contribution >= 4 is 16.6 Å². The Hall–Kier alpha value is -1.61. The molecule has 8 nitrogen and oxygen atoms in total. The van der Waals surface area contributed by atoms with E-state index in [2.05, 4.69) is 81.6 Å². The van der Waals surface area contributed by atoms with E-state index in [-0.39, 0.29) is 52.9 Å². The van der Waals surface area contributed by atoms with Crippen molar-refractivity contribution in [3.05, 3.63) is 65.7 Å². The van der Waals surface area contributed by atoms with Crippen LogP contribution in [0.25, 0.3) is 0 Å². The molecule has 3 rings (SSSR count). The summed E-state index contributed by atoms with van der Waals surface area (Å²) in [5.74, 6) is 0.660. The highest BCUT2D eigenvalue weighted by Gasteiger charge is 2.43. The zero-order valence-corrected chi connectivity index (χ0v) is 37.3. The van der Waals surface area contributed by atoms with Crippen molar-refractivity contribution in [2.45, 2.75) is 167 Å². The molecule has 53 heavy (non-hydrogen) atoms. The number of aliphatic hydroxyl groups is 2. The van der Waals surface area contributed by atoms with Gasteiger partial charge in [0.15, 0.2) is 22.9 Å². The van der Waals surface area contributed by atoms with Crippen LogP contribution in [0.5, 0.6) is 5.75 Å². The molecule has 1 fully saturated rings. The van der Waals surface area contributed by atoms with Crippen LogP contribution in [0, 0.1) is 11.8 Å². The summed E-state index contributed by atoms with van der Waals surface area (Å²) in [4.78, 5) is 0. The highest BCUT2D eigenvalue weighted by Crippen LogP contribution is 2.41. The van der Waals surface area contributed by atoms with Crippen LogP contribution < -0.4 is 4.74 Å². The Kier molecular flexibility index (Phi) is 17.3. The van der Waals surface area contributed by atoms with E-state index in [1.165, 1.54) is 0 Å². The first-order valence-electron chi connectivity index (χ1n) is 19.9. The van der Waals surface area contributed by atoms with Crippen LogP contribution in [-0.4, -0.2) is 77.7 Å². The molecule has 0 amide bonds. The van der Waals surface area contributed by atoms with Crippen LogP contribution in [-0.2, 0) is 29.7 Å². The second-order valence-electron chi connectivity index (χ2n) is 18.4. The molecule has 8 atom stereocenters. The van der Waals surface area contributed by atoms with Crippen molar-refractivity contribution in [1.82, 2.24) is 0 Å². The van der Waals surface area contributed by atoms with Crippen LogP contribution in [0.3, 0.4) is 0 Å². The fourth-order valence-corrected chi connectivity index (χ4v) is 8.88. The van der Waals surface area contributed by atoms with E-state index in [9.17, 15) is 10.2 Å². The smallest absolute Gasteiger partial charge is 0.192 e. The third kappa shape index (κ3) is 13.8. The van der Waals surface area contributed by atoms with Crippen LogP contribution in [0.15, 0.2) is 54.6 Å². The van der Waals surface area contributed by atoms with Gasteiger partial charge < -0.3 is 38.0 Å². The summed E-state index contributed by atoms with van der Waals surface area (Å²) in [5.41, 5.74) is 2.03. The molecule has 1 unspecified atom stereocenters. The van der Waals surface area contributed by atoms with Gasteiger partial charge in [0.25, 0.3) is 0 Å². The van der Waals surface area contributed by atoms with Gasteiger partial charge in [0.1, 0.15) is 5.75 Å². The third-order valence-electron chi connectivity index (χ3n) is 12.0. The van der Waals surface area contributed by atoms with Crippen molar-refractivity contribution < 1.29 is 38.0 Å². The number of ether oxygens (including phenoxy) is 4. The predicted octanol–water partition coefficient (Wildman–Crippen LogP) is 10.1. The van der Waals surface area contributed by atoms with E-state index < -0.39 is 29.0 Å². The van der Waals surface area contributed by atoms with Crippen molar-refractivity contribution in [3.8, 4) is 5.75 Å². The molecule has 0 aliphatic carbocycles. The van der Waals surface area contributed by atoms with Gasteiger partial charge in [0, 0.05) is 43.1 Å². The summed E-state index contributed by atoms with van der Waals surface area (Å²) in [6, 6.07) is 18.0. The largest absolute Gasteiger partial charge is 0.497 e. The molecule has 1 saturated heterocycles. The van der Waals surface area contributed by atoms with Crippen LogP contribution >= 0.6 is 0 Å². The highest BCUT2D eigenvalue weighted by atomic mass is 28.4. The van der Waals surface area contributed by atoms with E-state index >= 15 is 0 Å². The Morgan fingerprint density at radius 3 is 2.02 bits per heavy atom. The highest BCUT2D eigenvalue weighted by molar-refractivity contribution is 6.74. The zero-order chi connectivity index (χ0) is 39.6. The maximum Gasteiger partial charge on any atom is 0.192 e. The Morgan fingerprint density at radius 1 is 0.849 bits per heavy atom. The van der Waals surface area contributed by atoms with Crippen LogP contribution in [0.4, 0.5) is 0 Å². The number of rotatable bonds is 20. The molecule has 0 bridgehead atoms. The molecule has 0 radical (unpaired) electrons. The van der Waals surface area contributed by atoms with E-state index in [0.29, 0.717) is 38.9 Å². The predicted molar refractivity (Wildman–Crippen MR) is 220 cm³/mol. The molecule has 10 heteroatoms. The monoisotopic (exact) mass is 774 g/mol. The molecule has 0 saturated carbocycles. The molecule has 1 aliphatic rings. The lowest BCUT2D eigenvalue weighted by Gasteiger charge is -2.43. The number of hydrogen-bond donors (Lipinski definition) is 2. The van der Waals surface area contributed by atoms with Crippen molar-refractivity contribution in [2.75, 3.05) is 20.3 Å². The first kappa shape index (κ1) is 45.8. The molecule has 0 spiro atoms. The minimum absolute atomic E-state index is 0.00576. The van der Waals surface area contributed by atoms with E-state index in [0.717, 1.165) is 23.3 Å². The summed E-state index contributed by atoms with van der Waals surface area (Å²) in [5, 5.41) is 21.9. The average Bonchev–Trinajstić information content (AvgIpc) is 3.09. The fraction of sp³-hybridized carbons (Fsp3) is 0.721. The maximum atomic E-state index is 12.2. The lowest BCUT2D eigenvalue weighted by molar-refractivity contribution is -0.253. The molecule has 2 aromatic carbocycles. The molecule has 2 N–H and O–H groups in total. The first-order chi connectivity index (χ1) is 24.7. The van der Waals surface area contributed by atoms with Gasteiger partial charge in [-0.3, -0.25) is 0 Å². The SMILES string of the molecule is COc1ccc(CO[C@H]([C@H](C)CO[Si](C)(C)C(C)(C)C)[C@H](C)C(O)C[C@@H](C[C@@H]2C[C@H](CCCO)O[C@H](c3ccccc3)O2)O[Si](C)(C)C(C)(C)C)cc1. The normalized spacial score (nSPS) is 21.8. The Bertz CT molecular complexity index is 1320. The third-order valence-corrected chi connectivity index (χ3v) is 21.0. The van der Waals surface area contributed by atoms with E-state index in [1.54, 1.807) is 7.11 Å². The van der Waals surface area contributed by atoms with Gasteiger partial charge in [-0.2, -0.15) is 0 Å². The zero-order valence-electron chi connectivity index (χ0n) is 35.3. The average molecular weight is 775 g/mol. The Labute approximate surface area is 324 Å². The first-order valence-corrected chi connectivity index (χ1v) is 25.7. The summed E-state index contributed by atoms with van der Waals surface area (Å²) in [6.45, 7) is 28.1. The topological polar surface area (TPSA) is 95.8 Å². The van der Waals surface area contributed by atoms with Crippen molar-refractivity contribution in [2.24, 2.45) is 11.8 Å². The number of benzene rings is 2. The van der Waals surface area contributed by atoms with E-state index in [1.807, 2.05) is 54.6 Å². The second kappa shape index (κ2) is 20.0. The van der Waals surface area contributed by atoms with Crippen molar-refractivity contribution in [3.63, 3.8) is 0 Å². The number of hydrogen-bond acceptors (Lipinski definition) is 8. The molecule has 0 aromatic heterocycles. The fourth-order valence-electron chi connectivity index (χ4n) is 6.39. The lowest BCUT2D eigenvalue weighted by atomic mass is 9.86. The summed E-state index contributed by atoms with van der Waals surface area (Å²) < 4.78 is 39.1. The second-order valence-corrected chi connectivity index (χ2v) is 28.0. The van der Waals surface area contributed by atoms with Gasteiger partial charge in [0.2, 0.25) is 0 Å². The minimum Gasteiger partial charge on any atom is -0.497 e. The standard InChI is InChI=1S/C43H74O8Si2/c1-31(29-48-52(10,11)42(3,4)5)40(47-30-33-21-23-35(46-9)24-22-33)32(2)39(45)28-38(51-53(12,13)43(6,7)8)27-37-26-36(20-17-25-44)49-41(50-37)34-18-15-14-16-19-34/h14-16,18-19,21-24,31-32,36-41,44-45H,17,20,25-30H2,1-13H3/t31-,32-,36+,37+,38-,39?,40-,41+/m1/s1. The number of methoxy groups -OCH3 is 1. The molecule has 1 aliphatic heterocycles.